The molecule has 0 aliphatic heterocycles. The Labute approximate surface area is 145 Å². The van der Waals surface area contributed by atoms with E-state index in [1.165, 1.54) is 0 Å². The molecule has 4 rings (SSSR count). The van der Waals surface area contributed by atoms with E-state index >= 15 is 0 Å². The molecule has 0 amide bonds. The lowest BCUT2D eigenvalue weighted by Crippen LogP contribution is -2.43. The van der Waals surface area contributed by atoms with Crippen LogP contribution in [0.3, 0.4) is 0 Å². The van der Waals surface area contributed by atoms with Crippen LogP contribution in [0.5, 0.6) is 5.75 Å². The lowest BCUT2D eigenvalue weighted by Gasteiger charge is -2.01. The van der Waals surface area contributed by atoms with Gasteiger partial charge in [0.2, 0.25) is 0 Å². The maximum Gasteiger partial charge on any atom is 0.340 e. The number of hydrogen-bond acceptors (Lipinski definition) is 3. The molecule has 0 spiro atoms. The van der Waals surface area contributed by atoms with E-state index in [-0.39, 0.29) is 0 Å². The van der Waals surface area contributed by atoms with E-state index in [9.17, 15) is 0 Å². The molecule has 0 saturated carbocycles. The van der Waals surface area contributed by atoms with Crippen molar-refractivity contribution in [2.75, 3.05) is 7.11 Å². The average molecular weight is 329 g/mol. The van der Waals surface area contributed by atoms with E-state index in [1.54, 1.807) is 16.7 Å². The van der Waals surface area contributed by atoms with Crippen LogP contribution in [-0.2, 0) is 0 Å². The Balaban J connectivity index is 1.87. The Kier molecular flexibility index (Phi) is 3.96. The van der Waals surface area contributed by atoms with Gasteiger partial charge in [0, 0.05) is 4.80 Å². The molecule has 0 aliphatic carbocycles. The standard InChI is InChI=1S/C20H17N4O/c1-25-19-14-12-18(13-15-19)24-22-20(16-8-4-2-5-9-16)21-23(24)17-10-6-3-7-11-17/h2-15H,1H3/q+1. The summed E-state index contributed by atoms with van der Waals surface area (Å²) in [7, 11) is 1.65. The van der Waals surface area contributed by atoms with Gasteiger partial charge in [-0.3, -0.25) is 0 Å². The van der Waals surface area contributed by atoms with Gasteiger partial charge in [-0.05, 0) is 58.4 Å². The summed E-state index contributed by atoms with van der Waals surface area (Å²) in [5, 5.41) is 9.42. The maximum absolute atomic E-state index is 5.24. The molecule has 122 valence electrons. The van der Waals surface area contributed by atoms with Gasteiger partial charge in [-0.1, -0.05) is 36.4 Å². The number of nitrogens with zero attached hydrogens (tertiary/aromatic N) is 4. The van der Waals surface area contributed by atoms with Crippen LogP contribution in [-0.4, -0.2) is 22.1 Å². The molecule has 0 fully saturated rings. The van der Waals surface area contributed by atoms with Crippen molar-refractivity contribution in [2.24, 2.45) is 0 Å². The van der Waals surface area contributed by atoms with Gasteiger partial charge in [0.05, 0.1) is 17.8 Å². The largest absolute Gasteiger partial charge is 0.497 e. The van der Waals surface area contributed by atoms with Crippen LogP contribution in [0.25, 0.3) is 22.8 Å². The van der Waals surface area contributed by atoms with Gasteiger partial charge in [-0.2, -0.15) is 0 Å². The molecule has 5 nitrogen and oxygen atoms in total. The smallest absolute Gasteiger partial charge is 0.340 e. The van der Waals surface area contributed by atoms with Crippen molar-refractivity contribution >= 4 is 0 Å². The number of methoxy groups -OCH3 is 1. The summed E-state index contributed by atoms with van der Waals surface area (Å²) in [5.41, 5.74) is 2.81. The van der Waals surface area contributed by atoms with Crippen molar-refractivity contribution in [1.29, 1.82) is 0 Å². The number of hydrogen-bond donors (Lipinski definition) is 0. The molecule has 3 aromatic carbocycles. The van der Waals surface area contributed by atoms with Crippen molar-refractivity contribution < 1.29 is 9.53 Å². The van der Waals surface area contributed by atoms with Crippen LogP contribution in [0.4, 0.5) is 0 Å². The third kappa shape index (κ3) is 2.99. The van der Waals surface area contributed by atoms with Crippen molar-refractivity contribution in [2.45, 2.75) is 0 Å². The first-order chi connectivity index (χ1) is 12.3. The average Bonchev–Trinajstić information content (AvgIpc) is 3.15. The number of rotatable bonds is 4. The molecule has 5 heteroatoms. The van der Waals surface area contributed by atoms with Crippen molar-refractivity contribution in [3.63, 3.8) is 0 Å². The fourth-order valence-corrected chi connectivity index (χ4v) is 2.60. The van der Waals surface area contributed by atoms with Gasteiger partial charge < -0.3 is 4.74 Å². The summed E-state index contributed by atoms with van der Waals surface area (Å²) >= 11 is 0. The minimum absolute atomic E-state index is 0.667. The van der Waals surface area contributed by atoms with E-state index in [4.69, 9.17) is 14.9 Å². The monoisotopic (exact) mass is 329 g/mol. The zero-order chi connectivity index (χ0) is 17.1. The van der Waals surface area contributed by atoms with Crippen LogP contribution in [0.15, 0.2) is 84.9 Å². The first kappa shape index (κ1) is 15.1. The minimum Gasteiger partial charge on any atom is -0.497 e. The summed E-state index contributed by atoms with van der Waals surface area (Å²) in [4.78, 5) is 3.58. The minimum atomic E-state index is 0.667. The molecule has 0 N–H and O–H groups in total. The van der Waals surface area contributed by atoms with Crippen LogP contribution < -0.4 is 9.53 Å². The molecule has 1 aromatic heterocycles. The molecular formula is C20H17N4O+. The van der Waals surface area contributed by atoms with Crippen LogP contribution >= 0.6 is 0 Å². The number of tetrazole rings is 1. The highest BCUT2D eigenvalue weighted by molar-refractivity contribution is 5.53. The van der Waals surface area contributed by atoms with Gasteiger partial charge >= 0.3 is 5.82 Å². The van der Waals surface area contributed by atoms with E-state index < -0.39 is 0 Å². The molecule has 0 saturated heterocycles. The first-order valence-electron chi connectivity index (χ1n) is 8.00. The van der Waals surface area contributed by atoms with Gasteiger partial charge in [-0.25, -0.2) is 0 Å². The van der Waals surface area contributed by atoms with E-state index in [1.807, 2.05) is 84.9 Å². The molecule has 25 heavy (non-hydrogen) atoms. The van der Waals surface area contributed by atoms with E-state index in [0.29, 0.717) is 5.82 Å². The maximum atomic E-state index is 5.24. The molecule has 4 aromatic rings. The molecule has 0 bridgehead atoms. The highest BCUT2D eigenvalue weighted by Gasteiger charge is 2.23. The number of benzene rings is 3. The normalized spacial score (nSPS) is 10.6. The molecule has 0 atom stereocenters. The number of aromatic nitrogens is 4. The summed E-state index contributed by atoms with van der Waals surface area (Å²) in [6.45, 7) is 0. The summed E-state index contributed by atoms with van der Waals surface area (Å²) in [6, 6.07) is 27.7. The fourth-order valence-electron chi connectivity index (χ4n) is 2.60. The van der Waals surface area contributed by atoms with Crippen molar-refractivity contribution in [3.8, 4) is 28.5 Å². The quantitative estimate of drug-likeness (QED) is 0.540. The third-order valence-electron chi connectivity index (χ3n) is 3.88. The second-order valence-electron chi connectivity index (χ2n) is 5.50. The zero-order valence-corrected chi connectivity index (χ0v) is 13.8. The molecule has 0 aliphatic rings. The van der Waals surface area contributed by atoms with Gasteiger partial charge in [0.15, 0.2) is 5.69 Å². The number of ether oxygens (including phenoxy) is 1. The SMILES string of the molecule is COc1ccc(-[n+]2nc(-c3ccccc3)nn2-c2ccccc2)cc1. The Morgan fingerprint density at radius 1 is 0.800 bits per heavy atom. The van der Waals surface area contributed by atoms with Crippen LogP contribution in [0.1, 0.15) is 0 Å². The molecule has 1 heterocycles. The Morgan fingerprint density at radius 2 is 1.44 bits per heavy atom. The van der Waals surface area contributed by atoms with Gasteiger partial charge in [0.25, 0.3) is 0 Å². The van der Waals surface area contributed by atoms with Crippen molar-refractivity contribution in [1.82, 2.24) is 15.0 Å². The third-order valence-corrected chi connectivity index (χ3v) is 3.88. The predicted octanol–water partition coefficient (Wildman–Crippen LogP) is 3.22. The lowest BCUT2D eigenvalue weighted by molar-refractivity contribution is -0.734. The van der Waals surface area contributed by atoms with Gasteiger partial charge in [0.1, 0.15) is 11.4 Å². The highest BCUT2D eigenvalue weighted by atomic mass is 16.5. The summed E-state index contributed by atoms with van der Waals surface area (Å²) in [6.07, 6.45) is 0. The van der Waals surface area contributed by atoms with E-state index in [0.717, 1.165) is 22.7 Å². The van der Waals surface area contributed by atoms with Crippen LogP contribution in [0, 0.1) is 0 Å². The second-order valence-corrected chi connectivity index (χ2v) is 5.50. The Bertz CT molecular complexity index is 964. The predicted molar refractivity (Wildman–Crippen MR) is 94.9 cm³/mol. The topological polar surface area (TPSA) is 43.8 Å². The van der Waals surface area contributed by atoms with Crippen molar-refractivity contribution in [3.05, 3.63) is 84.9 Å². The Hall–Kier alpha value is -3.47. The summed E-state index contributed by atoms with van der Waals surface area (Å²) in [5.74, 6) is 1.47. The Morgan fingerprint density at radius 3 is 2.08 bits per heavy atom. The zero-order valence-electron chi connectivity index (χ0n) is 13.8. The highest BCUT2D eigenvalue weighted by Crippen LogP contribution is 2.16. The van der Waals surface area contributed by atoms with Gasteiger partial charge in [-0.15, -0.1) is 0 Å². The van der Waals surface area contributed by atoms with E-state index in [2.05, 4.69) is 0 Å². The molecular weight excluding hydrogens is 312 g/mol. The molecule has 0 unspecified atom stereocenters. The first-order valence-corrected chi connectivity index (χ1v) is 8.00. The fraction of sp³-hybridized carbons (Fsp3) is 0.0500. The summed E-state index contributed by atoms with van der Waals surface area (Å²) < 4.78 is 5.24. The lowest BCUT2D eigenvalue weighted by atomic mass is 10.2. The van der Waals surface area contributed by atoms with Crippen LogP contribution in [0.2, 0.25) is 0 Å². The number of para-hydroxylation sites is 1. The second kappa shape index (κ2) is 6.57. The molecule has 0 radical (unpaired) electrons.